The summed E-state index contributed by atoms with van der Waals surface area (Å²) in [6.07, 6.45) is 4.76. The summed E-state index contributed by atoms with van der Waals surface area (Å²) in [6, 6.07) is 0. The topological polar surface area (TPSA) is 90.5 Å². The molecule has 0 fully saturated rings. The molecule has 0 aliphatic carbocycles. The molecule has 3 aromatic rings. The van der Waals surface area contributed by atoms with E-state index in [1.165, 1.54) is 17.9 Å². The fraction of sp³-hybridized carbons (Fsp3) is 0.231. The Labute approximate surface area is 118 Å². The van der Waals surface area contributed by atoms with E-state index in [1.54, 1.807) is 24.0 Å². The molecule has 0 saturated heterocycles. The van der Waals surface area contributed by atoms with Crippen LogP contribution in [0, 0.1) is 11.8 Å². The van der Waals surface area contributed by atoms with E-state index < -0.39 is 5.69 Å². The van der Waals surface area contributed by atoms with E-state index in [0.717, 1.165) is 10.1 Å². The first-order valence-electron chi connectivity index (χ1n) is 6.18. The van der Waals surface area contributed by atoms with Gasteiger partial charge in [-0.25, -0.2) is 9.78 Å². The Balaban J connectivity index is 2.14. The van der Waals surface area contributed by atoms with Gasteiger partial charge in [-0.2, -0.15) is 5.10 Å². The van der Waals surface area contributed by atoms with Gasteiger partial charge in [-0.3, -0.25) is 19.0 Å². The third-order valence-electron chi connectivity index (χ3n) is 3.17. The van der Waals surface area contributed by atoms with Gasteiger partial charge in [0, 0.05) is 20.3 Å². The van der Waals surface area contributed by atoms with Gasteiger partial charge < -0.3 is 4.57 Å². The van der Waals surface area contributed by atoms with Crippen LogP contribution < -0.4 is 11.2 Å². The summed E-state index contributed by atoms with van der Waals surface area (Å²) < 4.78 is 4.03. The molecule has 0 spiro atoms. The number of aryl methyl sites for hydroxylation is 1. The van der Waals surface area contributed by atoms with E-state index in [9.17, 15) is 9.59 Å². The number of rotatable bonds is 1. The van der Waals surface area contributed by atoms with Gasteiger partial charge in [-0.05, 0) is 0 Å². The highest BCUT2D eigenvalue weighted by atomic mass is 16.2. The highest BCUT2D eigenvalue weighted by Gasteiger charge is 2.13. The third kappa shape index (κ3) is 2.04. The largest absolute Gasteiger partial charge is 0.333 e. The van der Waals surface area contributed by atoms with Gasteiger partial charge in [-0.1, -0.05) is 11.8 Å². The molecule has 1 N–H and O–H groups in total. The van der Waals surface area contributed by atoms with Gasteiger partial charge in [0.1, 0.15) is 0 Å². The average Bonchev–Trinajstić information content (AvgIpc) is 3.10. The molecule has 8 heteroatoms. The molecule has 0 radical (unpaired) electrons. The van der Waals surface area contributed by atoms with E-state index in [0.29, 0.717) is 11.2 Å². The summed E-state index contributed by atoms with van der Waals surface area (Å²) >= 11 is 0. The molecule has 3 rings (SSSR count). The molecule has 106 valence electrons. The molecule has 21 heavy (non-hydrogen) atoms. The number of nitrogens with zero attached hydrogens (tertiary/aromatic N) is 5. The number of H-pyrrole nitrogens is 1. The average molecular weight is 284 g/mol. The molecule has 0 unspecified atom stereocenters. The maximum atomic E-state index is 12.2. The van der Waals surface area contributed by atoms with Gasteiger partial charge >= 0.3 is 5.69 Å². The predicted molar refractivity (Wildman–Crippen MR) is 75.7 cm³/mol. The number of aromatic amines is 1. The van der Waals surface area contributed by atoms with Crippen molar-refractivity contribution >= 4 is 11.2 Å². The van der Waals surface area contributed by atoms with Crippen molar-refractivity contribution < 1.29 is 0 Å². The summed E-state index contributed by atoms with van der Waals surface area (Å²) in [6.45, 7) is 0.144. The Morgan fingerprint density at radius 2 is 2.14 bits per heavy atom. The molecular formula is C13H12N6O2. The van der Waals surface area contributed by atoms with Crippen LogP contribution in [0.5, 0.6) is 0 Å². The second kappa shape index (κ2) is 4.79. The maximum Gasteiger partial charge on any atom is 0.333 e. The molecule has 8 nitrogen and oxygen atoms in total. The van der Waals surface area contributed by atoms with Crippen molar-refractivity contribution in [2.24, 2.45) is 14.1 Å². The van der Waals surface area contributed by atoms with Crippen molar-refractivity contribution in [3.05, 3.63) is 45.1 Å². The van der Waals surface area contributed by atoms with Crippen molar-refractivity contribution in [2.75, 3.05) is 0 Å². The highest BCUT2D eigenvalue weighted by Crippen LogP contribution is 2.03. The molecule has 0 aromatic carbocycles. The molecule has 3 aromatic heterocycles. The van der Waals surface area contributed by atoms with Gasteiger partial charge in [0.25, 0.3) is 5.56 Å². The van der Waals surface area contributed by atoms with Crippen LogP contribution in [-0.4, -0.2) is 28.9 Å². The van der Waals surface area contributed by atoms with Crippen LogP contribution in [0.15, 0.2) is 28.3 Å². The number of aromatic nitrogens is 6. The van der Waals surface area contributed by atoms with Crippen LogP contribution in [0.4, 0.5) is 0 Å². The van der Waals surface area contributed by atoms with Gasteiger partial charge in [-0.15, -0.1) is 0 Å². The Kier molecular flexibility index (Phi) is 2.95. The SMILES string of the molecule is Cn1c(=O)c2c(ncn2C)n(CC#Cc2cn[nH]c2)c1=O. The van der Waals surface area contributed by atoms with Crippen molar-refractivity contribution in [1.82, 2.24) is 28.9 Å². The van der Waals surface area contributed by atoms with Crippen LogP contribution in [0.3, 0.4) is 0 Å². The summed E-state index contributed by atoms with van der Waals surface area (Å²) in [4.78, 5) is 28.4. The molecule has 0 aliphatic heterocycles. The van der Waals surface area contributed by atoms with Crippen LogP contribution in [0.25, 0.3) is 11.2 Å². The second-order valence-corrected chi connectivity index (χ2v) is 4.55. The lowest BCUT2D eigenvalue weighted by Gasteiger charge is -2.05. The molecular weight excluding hydrogens is 272 g/mol. The minimum atomic E-state index is -0.437. The van der Waals surface area contributed by atoms with Crippen molar-refractivity contribution in [2.45, 2.75) is 6.54 Å². The lowest BCUT2D eigenvalue weighted by Crippen LogP contribution is -2.38. The monoisotopic (exact) mass is 284 g/mol. The van der Waals surface area contributed by atoms with Crippen molar-refractivity contribution in [1.29, 1.82) is 0 Å². The third-order valence-corrected chi connectivity index (χ3v) is 3.17. The zero-order valence-electron chi connectivity index (χ0n) is 11.5. The fourth-order valence-corrected chi connectivity index (χ4v) is 2.06. The van der Waals surface area contributed by atoms with E-state index >= 15 is 0 Å². The molecule has 0 aliphatic rings. The van der Waals surface area contributed by atoms with Crippen LogP contribution in [0.1, 0.15) is 5.56 Å². The molecule has 0 bridgehead atoms. The van der Waals surface area contributed by atoms with Crippen LogP contribution >= 0.6 is 0 Å². The Bertz CT molecular complexity index is 978. The first-order valence-corrected chi connectivity index (χ1v) is 6.18. The Morgan fingerprint density at radius 3 is 2.86 bits per heavy atom. The van der Waals surface area contributed by atoms with E-state index in [2.05, 4.69) is 27.0 Å². The lowest BCUT2D eigenvalue weighted by molar-refractivity contribution is 0.682. The Morgan fingerprint density at radius 1 is 1.33 bits per heavy atom. The number of hydrogen-bond donors (Lipinski definition) is 1. The first-order chi connectivity index (χ1) is 10.1. The van der Waals surface area contributed by atoms with Gasteiger partial charge in [0.15, 0.2) is 11.2 Å². The number of hydrogen-bond acceptors (Lipinski definition) is 4. The number of imidazole rings is 1. The fourth-order valence-electron chi connectivity index (χ4n) is 2.06. The lowest BCUT2D eigenvalue weighted by atomic mass is 10.3. The second-order valence-electron chi connectivity index (χ2n) is 4.55. The maximum absolute atomic E-state index is 12.2. The Hall–Kier alpha value is -3.08. The highest BCUT2D eigenvalue weighted by molar-refractivity contribution is 5.70. The molecule has 0 amide bonds. The quantitative estimate of drug-likeness (QED) is 0.593. The molecule has 0 atom stereocenters. The minimum absolute atomic E-state index is 0.144. The number of nitrogens with one attached hydrogen (secondary N) is 1. The van der Waals surface area contributed by atoms with Crippen LogP contribution in [0.2, 0.25) is 0 Å². The zero-order valence-corrected chi connectivity index (χ0v) is 11.5. The standard InChI is InChI=1S/C13H12N6O2/c1-17-8-14-11-10(17)12(20)18(2)13(21)19(11)5-3-4-9-6-15-16-7-9/h6-8H,5H2,1-2H3,(H,15,16). The minimum Gasteiger partial charge on any atom is -0.328 e. The summed E-state index contributed by atoms with van der Waals surface area (Å²) in [5.41, 5.74) is 0.640. The first kappa shape index (κ1) is 12.9. The normalized spacial score (nSPS) is 10.6. The van der Waals surface area contributed by atoms with Gasteiger partial charge in [0.2, 0.25) is 0 Å². The van der Waals surface area contributed by atoms with Gasteiger partial charge in [0.05, 0.1) is 24.6 Å². The summed E-state index contributed by atoms with van der Waals surface area (Å²) in [7, 11) is 3.15. The van der Waals surface area contributed by atoms with Crippen molar-refractivity contribution in [3.63, 3.8) is 0 Å². The predicted octanol–water partition coefficient (Wildman–Crippen LogP) is -0.792. The van der Waals surface area contributed by atoms with Crippen molar-refractivity contribution in [3.8, 4) is 11.8 Å². The van der Waals surface area contributed by atoms with E-state index in [1.807, 2.05) is 0 Å². The smallest absolute Gasteiger partial charge is 0.328 e. The zero-order chi connectivity index (χ0) is 15.0. The number of fused-ring (bicyclic) bond motifs is 1. The summed E-state index contributed by atoms with van der Waals surface area (Å²) in [5, 5.41) is 6.44. The van der Waals surface area contributed by atoms with Crippen LogP contribution in [-0.2, 0) is 20.6 Å². The van der Waals surface area contributed by atoms with E-state index in [4.69, 9.17) is 0 Å². The summed E-state index contributed by atoms with van der Waals surface area (Å²) in [5.74, 6) is 5.76. The van der Waals surface area contributed by atoms with E-state index in [-0.39, 0.29) is 12.1 Å². The molecule has 3 heterocycles. The molecule has 0 saturated carbocycles.